The number of benzene rings is 3. The molecule has 5 rings (SSSR count). The Hall–Kier alpha value is -0.230. The zero-order valence-corrected chi connectivity index (χ0v) is 26.3. The standard InChI is InChI=1S/C22H8Br4Cl4O5/c1-33-20-9(24)3-7-19(13(20)26)34-18-6(2-8(23)5(4-31)12(18)25)22(7)11-10(21(32)35-22)14(27)16(29)17(30)15(11)28/h2-3,31H,4H2,1H3. The van der Waals surface area contributed by atoms with Crippen LogP contribution in [-0.4, -0.2) is 18.2 Å². The third-order valence-electron chi connectivity index (χ3n) is 5.79. The molecule has 0 amide bonds. The van der Waals surface area contributed by atoms with Crippen molar-refractivity contribution in [1.29, 1.82) is 0 Å². The lowest BCUT2D eigenvalue weighted by molar-refractivity contribution is 0.0223. The molecule has 0 saturated carbocycles. The zero-order valence-electron chi connectivity index (χ0n) is 17.0. The minimum atomic E-state index is -1.64. The molecule has 35 heavy (non-hydrogen) atoms. The van der Waals surface area contributed by atoms with Crippen molar-refractivity contribution in [3.8, 4) is 17.2 Å². The van der Waals surface area contributed by atoms with Gasteiger partial charge in [-0.25, -0.2) is 4.79 Å². The molecular formula is C22H8Br4Cl4O5. The molecule has 1 atom stereocenters. The van der Waals surface area contributed by atoms with Crippen LogP contribution in [0.4, 0.5) is 0 Å². The average Bonchev–Trinajstić information content (AvgIpc) is 3.12. The number of hydrogen-bond acceptors (Lipinski definition) is 5. The SMILES string of the molecule is COc1c(Br)cc2c(c1Br)Oc1c(cc(Br)c(CO)c1Br)C21OC(=O)c2c(Cl)c(Cl)c(Cl)c(Cl)c21. The van der Waals surface area contributed by atoms with Gasteiger partial charge in [-0.1, -0.05) is 62.3 Å². The number of esters is 1. The molecule has 0 radical (unpaired) electrons. The number of fused-ring (bicyclic) bond motifs is 6. The summed E-state index contributed by atoms with van der Waals surface area (Å²) in [6.45, 7) is -0.299. The number of ether oxygens (including phenoxy) is 3. The summed E-state index contributed by atoms with van der Waals surface area (Å²) in [6, 6.07) is 3.40. The van der Waals surface area contributed by atoms with Crippen LogP contribution in [0.25, 0.3) is 0 Å². The number of aliphatic hydroxyl groups excluding tert-OH is 1. The van der Waals surface area contributed by atoms with E-state index >= 15 is 0 Å². The lowest BCUT2D eigenvalue weighted by Crippen LogP contribution is -2.34. The first kappa shape index (κ1) is 26.4. The van der Waals surface area contributed by atoms with E-state index in [-0.39, 0.29) is 43.6 Å². The van der Waals surface area contributed by atoms with Crippen LogP contribution in [0.15, 0.2) is 30.0 Å². The van der Waals surface area contributed by atoms with Crippen molar-refractivity contribution in [1.82, 2.24) is 0 Å². The van der Waals surface area contributed by atoms with Crippen LogP contribution in [0.2, 0.25) is 20.1 Å². The molecule has 2 aliphatic rings. The Balaban J connectivity index is 2.04. The molecule has 0 aliphatic carbocycles. The van der Waals surface area contributed by atoms with E-state index in [2.05, 4.69) is 63.7 Å². The van der Waals surface area contributed by atoms with Gasteiger partial charge >= 0.3 is 5.97 Å². The van der Waals surface area contributed by atoms with Gasteiger partial charge in [0.25, 0.3) is 0 Å². The minimum Gasteiger partial charge on any atom is -0.494 e. The highest BCUT2D eigenvalue weighted by Gasteiger charge is 2.58. The fourth-order valence-corrected chi connectivity index (χ4v) is 8.34. The van der Waals surface area contributed by atoms with Crippen LogP contribution >= 0.6 is 110 Å². The van der Waals surface area contributed by atoms with E-state index in [1.54, 1.807) is 12.1 Å². The van der Waals surface area contributed by atoms with E-state index in [0.29, 0.717) is 46.1 Å². The number of hydrogen-bond donors (Lipinski definition) is 1. The van der Waals surface area contributed by atoms with Crippen LogP contribution in [-0.2, 0) is 16.9 Å². The fraction of sp³-hybridized carbons (Fsp3) is 0.136. The van der Waals surface area contributed by atoms with Gasteiger partial charge in [0.2, 0.25) is 0 Å². The monoisotopic (exact) mass is 808 g/mol. The molecule has 3 aromatic rings. The first-order chi connectivity index (χ1) is 16.5. The molecule has 1 unspecified atom stereocenters. The van der Waals surface area contributed by atoms with Gasteiger partial charge in [-0.2, -0.15) is 0 Å². The Kier molecular flexibility index (Phi) is 6.94. The molecule has 13 heteroatoms. The summed E-state index contributed by atoms with van der Waals surface area (Å²) in [5.74, 6) is 0.281. The smallest absolute Gasteiger partial charge is 0.341 e. The third kappa shape index (κ3) is 3.49. The molecule has 0 bridgehead atoms. The largest absolute Gasteiger partial charge is 0.494 e. The molecule has 1 N–H and O–H groups in total. The maximum Gasteiger partial charge on any atom is 0.341 e. The van der Waals surface area contributed by atoms with E-state index in [1.807, 2.05) is 0 Å². The lowest BCUT2D eigenvalue weighted by atomic mass is 9.77. The molecule has 0 saturated heterocycles. The van der Waals surface area contributed by atoms with Gasteiger partial charge in [-0.3, -0.25) is 0 Å². The Morgan fingerprint density at radius 2 is 1.49 bits per heavy atom. The Morgan fingerprint density at radius 3 is 2.09 bits per heavy atom. The van der Waals surface area contributed by atoms with Crippen molar-refractivity contribution in [3.05, 3.63) is 77.9 Å². The molecule has 1 spiro atoms. The van der Waals surface area contributed by atoms with Gasteiger partial charge in [0.05, 0.1) is 59.4 Å². The number of halogens is 8. The highest BCUT2D eigenvalue weighted by molar-refractivity contribution is 9.11. The Labute approximate surface area is 252 Å². The van der Waals surface area contributed by atoms with Gasteiger partial charge in [0, 0.05) is 15.6 Å². The van der Waals surface area contributed by atoms with Gasteiger partial charge in [-0.05, 0) is 59.9 Å². The van der Waals surface area contributed by atoms with Crippen molar-refractivity contribution < 1.29 is 24.1 Å². The molecule has 0 aromatic heterocycles. The van der Waals surface area contributed by atoms with Crippen LogP contribution < -0.4 is 9.47 Å². The molecule has 182 valence electrons. The zero-order chi connectivity index (χ0) is 25.6. The van der Waals surface area contributed by atoms with Gasteiger partial charge in [0.15, 0.2) is 17.1 Å². The molecular weight excluding hydrogens is 806 g/mol. The first-order valence-electron chi connectivity index (χ1n) is 9.47. The third-order valence-corrected chi connectivity index (χ3v) is 10.5. The minimum absolute atomic E-state index is 0.00209. The number of aliphatic hydroxyl groups is 1. The second-order valence-corrected chi connectivity index (χ2v) is 12.3. The average molecular weight is 814 g/mol. The van der Waals surface area contributed by atoms with E-state index < -0.39 is 11.6 Å². The highest BCUT2D eigenvalue weighted by Crippen LogP contribution is 2.64. The predicted octanol–water partition coefficient (Wildman–Crippen LogP) is 9.42. The second-order valence-electron chi connectivity index (χ2n) is 7.45. The summed E-state index contributed by atoms with van der Waals surface area (Å²) in [4.78, 5) is 13.4. The van der Waals surface area contributed by atoms with Crippen molar-refractivity contribution in [2.45, 2.75) is 12.2 Å². The number of carbonyl (C=O) groups is 1. The predicted molar refractivity (Wildman–Crippen MR) is 148 cm³/mol. The first-order valence-corrected chi connectivity index (χ1v) is 14.2. The number of carbonyl (C=O) groups excluding carboxylic acids is 1. The maximum atomic E-state index is 13.4. The number of methoxy groups -OCH3 is 1. The quantitative estimate of drug-likeness (QED) is 0.159. The fourth-order valence-electron chi connectivity index (χ4n) is 4.30. The Bertz CT molecular complexity index is 1430. The van der Waals surface area contributed by atoms with E-state index in [0.717, 1.165) is 0 Å². The molecule has 2 aliphatic heterocycles. The summed E-state index contributed by atoms with van der Waals surface area (Å²) in [5, 5.41) is 9.80. The molecule has 3 aromatic carbocycles. The molecule has 2 heterocycles. The maximum absolute atomic E-state index is 13.4. The summed E-state index contributed by atoms with van der Waals surface area (Å²) in [6.07, 6.45) is 0. The van der Waals surface area contributed by atoms with Crippen molar-refractivity contribution in [2.75, 3.05) is 7.11 Å². The van der Waals surface area contributed by atoms with Crippen LogP contribution in [0.5, 0.6) is 17.2 Å². The van der Waals surface area contributed by atoms with Gasteiger partial charge < -0.3 is 19.3 Å². The normalized spacial score (nSPS) is 17.6. The Morgan fingerprint density at radius 1 is 0.914 bits per heavy atom. The summed E-state index contributed by atoms with van der Waals surface area (Å²) in [7, 11) is 1.50. The molecule has 0 fully saturated rings. The van der Waals surface area contributed by atoms with Crippen molar-refractivity contribution >= 4 is 116 Å². The van der Waals surface area contributed by atoms with Crippen LogP contribution in [0.1, 0.15) is 32.6 Å². The van der Waals surface area contributed by atoms with Gasteiger partial charge in [-0.15, -0.1) is 0 Å². The van der Waals surface area contributed by atoms with Gasteiger partial charge in [0.1, 0.15) is 10.2 Å². The van der Waals surface area contributed by atoms with E-state index in [1.165, 1.54) is 7.11 Å². The summed E-state index contributed by atoms with van der Waals surface area (Å²) >= 11 is 40.1. The topological polar surface area (TPSA) is 65.0 Å². The van der Waals surface area contributed by atoms with Crippen molar-refractivity contribution in [3.63, 3.8) is 0 Å². The van der Waals surface area contributed by atoms with Crippen LogP contribution in [0.3, 0.4) is 0 Å². The second kappa shape index (κ2) is 9.20. The summed E-state index contributed by atoms with van der Waals surface area (Å²) < 4.78 is 20.0. The van der Waals surface area contributed by atoms with Crippen molar-refractivity contribution in [2.24, 2.45) is 0 Å². The highest BCUT2D eigenvalue weighted by atomic mass is 79.9. The van der Waals surface area contributed by atoms with E-state index in [9.17, 15) is 9.90 Å². The lowest BCUT2D eigenvalue weighted by Gasteiger charge is -2.38. The van der Waals surface area contributed by atoms with E-state index in [4.69, 9.17) is 60.6 Å². The summed E-state index contributed by atoms with van der Waals surface area (Å²) in [5.41, 5.74) is -0.0803. The number of rotatable bonds is 2. The van der Waals surface area contributed by atoms with Crippen LogP contribution in [0, 0.1) is 0 Å². The molecule has 5 nitrogen and oxygen atoms in total.